The lowest BCUT2D eigenvalue weighted by atomic mass is 10.3. The molecular formula is C9H12N2O4S. The van der Waals surface area contributed by atoms with Crippen molar-refractivity contribution in [2.24, 2.45) is 0 Å². The van der Waals surface area contributed by atoms with Crippen LogP contribution in [0.1, 0.15) is 18.4 Å². The van der Waals surface area contributed by atoms with Crippen LogP contribution in [0.5, 0.6) is 0 Å². The number of hydrogen-bond acceptors (Lipinski definition) is 5. The first-order chi connectivity index (χ1) is 7.32. The Morgan fingerprint density at radius 2 is 2.06 bits per heavy atom. The van der Waals surface area contributed by atoms with Crippen LogP contribution in [0.2, 0.25) is 0 Å². The molecule has 0 amide bonds. The molecule has 6 nitrogen and oxygen atoms in total. The average molecular weight is 244 g/mol. The highest BCUT2D eigenvalue weighted by atomic mass is 32.2. The lowest BCUT2D eigenvalue weighted by Crippen LogP contribution is -2.10. The fourth-order valence-electron chi connectivity index (χ4n) is 1.12. The van der Waals surface area contributed by atoms with Gasteiger partial charge in [-0.2, -0.15) is 0 Å². The van der Waals surface area contributed by atoms with Gasteiger partial charge >= 0.3 is 5.97 Å². The third-order valence-corrected chi connectivity index (χ3v) is 2.80. The summed E-state index contributed by atoms with van der Waals surface area (Å²) in [5.41, 5.74) is 0.208. The summed E-state index contributed by atoms with van der Waals surface area (Å²) in [6.07, 6.45) is 1.17. The summed E-state index contributed by atoms with van der Waals surface area (Å²) in [7, 11) is -3.44. The zero-order valence-electron chi connectivity index (χ0n) is 8.97. The molecule has 1 aromatic rings. The first-order valence-electron chi connectivity index (χ1n) is 4.61. The van der Waals surface area contributed by atoms with E-state index in [1.54, 1.807) is 6.92 Å². The van der Waals surface area contributed by atoms with E-state index in [1.807, 2.05) is 0 Å². The van der Waals surface area contributed by atoms with Crippen molar-refractivity contribution in [3.8, 4) is 0 Å². The van der Waals surface area contributed by atoms with Crippen LogP contribution in [0.3, 0.4) is 0 Å². The molecule has 0 unspecified atom stereocenters. The second-order valence-corrected chi connectivity index (χ2v) is 5.27. The van der Waals surface area contributed by atoms with Gasteiger partial charge in [-0.25, -0.2) is 18.4 Å². The fourth-order valence-corrected chi connectivity index (χ4v) is 1.74. The first kappa shape index (κ1) is 12.6. The summed E-state index contributed by atoms with van der Waals surface area (Å²) in [5.74, 6) is -0.723. The molecule has 1 N–H and O–H groups in total. The third-order valence-electron chi connectivity index (χ3n) is 1.83. The number of carbonyl (C=O) groups is 1. The summed E-state index contributed by atoms with van der Waals surface area (Å²) in [6, 6.07) is 1.20. The van der Waals surface area contributed by atoms with Crippen molar-refractivity contribution in [2.45, 2.75) is 24.8 Å². The van der Waals surface area contributed by atoms with Gasteiger partial charge in [0.2, 0.25) is 0 Å². The van der Waals surface area contributed by atoms with Crippen LogP contribution in [0.15, 0.2) is 11.1 Å². The molecule has 1 heterocycles. The Hall–Kier alpha value is -1.50. The number of nitrogens with zero attached hydrogens (tertiary/aromatic N) is 2. The van der Waals surface area contributed by atoms with Gasteiger partial charge in [-0.15, -0.1) is 0 Å². The van der Waals surface area contributed by atoms with Crippen molar-refractivity contribution in [2.75, 3.05) is 6.26 Å². The zero-order valence-corrected chi connectivity index (χ0v) is 9.78. The molecule has 0 atom stereocenters. The number of hydrogen-bond donors (Lipinski definition) is 1. The quantitative estimate of drug-likeness (QED) is 0.753. The van der Waals surface area contributed by atoms with Gasteiger partial charge in [0.1, 0.15) is 5.82 Å². The number of sulfone groups is 1. The van der Waals surface area contributed by atoms with Crippen molar-refractivity contribution in [1.82, 2.24) is 9.97 Å². The predicted molar refractivity (Wildman–Crippen MR) is 55.9 cm³/mol. The molecule has 1 rings (SSSR count). The maximum Gasteiger partial charge on any atom is 0.309 e. The molecule has 88 valence electrons. The summed E-state index contributed by atoms with van der Waals surface area (Å²) in [5, 5.41) is 8.49. The summed E-state index contributed by atoms with van der Waals surface area (Å²) in [6.45, 7) is 1.77. The van der Waals surface area contributed by atoms with E-state index in [4.69, 9.17) is 5.11 Å². The lowest BCUT2D eigenvalue weighted by Gasteiger charge is -2.04. The van der Waals surface area contributed by atoms with Crippen molar-refractivity contribution >= 4 is 15.8 Å². The Labute approximate surface area is 93.3 Å². The number of aryl methyl sites for hydroxylation is 1. The minimum Gasteiger partial charge on any atom is -0.481 e. The van der Waals surface area contributed by atoms with Gasteiger partial charge in [0, 0.05) is 12.7 Å². The molecule has 7 heteroatoms. The predicted octanol–water partition coefficient (Wildman–Crippen LogP) is 0.0696. The van der Waals surface area contributed by atoms with Crippen molar-refractivity contribution in [3.05, 3.63) is 17.6 Å². The largest absolute Gasteiger partial charge is 0.481 e. The normalized spacial score (nSPS) is 11.4. The SMILES string of the molecule is CCc1nc(CC(=O)O)cc(S(C)(=O)=O)n1. The Morgan fingerprint density at radius 3 is 2.50 bits per heavy atom. The molecule has 0 aliphatic carbocycles. The molecule has 0 radical (unpaired) electrons. The zero-order chi connectivity index (χ0) is 12.3. The molecule has 0 saturated heterocycles. The lowest BCUT2D eigenvalue weighted by molar-refractivity contribution is -0.136. The summed E-state index contributed by atoms with van der Waals surface area (Å²) < 4.78 is 22.6. The smallest absolute Gasteiger partial charge is 0.309 e. The molecule has 0 spiro atoms. The number of aliphatic carboxylic acids is 1. The van der Waals surface area contributed by atoms with E-state index in [0.717, 1.165) is 6.26 Å². The second kappa shape index (κ2) is 4.56. The number of rotatable bonds is 4. The first-order valence-corrected chi connectivity index (χ1v) is 6.50. The van der Waals surface area contributed by atoms with Crippen molar-refractivity contribution < 1.29 is 18.3 Å². The standard InChI is InChI=1S/C9H12N2O4S/c1-3-7-10-6(5-9(12)13)4-8(11-7)16(2,14)15/h4H,3,5H2,1-2H3,(H,12,13). The highest BCUT2D eigenvalue weighted by Gasteiger charge is 2.14. The van der Waals surface area contributed by atoms with Gasteiger partial charge in [0.15, 0.2) is 14.9 Å². The monoisotopic (exact) mass is 244 g/mol. The van der Waals surface area contributed by atoms with E-state index in [-0.39, 0.29) is 17.1 Å². The second-order valence-electron chi connectivity index (χ2n) is 3.31. The molecule has 16 heavy (non-hydrogen) atoms. The van der Waals surface area contributed by atoms with E-state index >= 15 is 0 Å². The van der Waals surface area contributed by atoms with E-state index < -0.39 is 15.8 Å². The van der Waals surface area contributed by atoms with Crippen LogP contribution in [-0.4, -0.2) is 35.7 Å². The average Bonchev–Trinajstić information content (AvgIpc) is 2.14. The minimum absolute atomic E-state index is 0.129. The topological polar surface area (TPSA) is 97.2 Å². The number of carboxylic acid groups (broad SMARTS) is 1. The maximum atomic E-state index is 11.3. The van der Waals surface area contributed by atoms with E-state index in [2.05, 4.69) is 9.97 Å². The number of aromatic nitrogens is 2. The van der Waals surface area contributed by atoms with Gasteiger partial charge in [-0.05, 0) is 6.07 Å². The molecule has 0 bridgehead atoms. The van der Waals surface area contributed by atoms with Gasteiger partial charge in [0.25, 0.3) is 0 Å². The summed E-state index contributed by atoms with van der Waals surface area (Å²) in [4.78, 5) is 18.3. The molecule has 0 saturated carbocycles. The highest BCUT2D eigenvalue weighted by Crippen LogP contribution is 2.09. The van der Waals surface area contributed by atoms with Gasteiger partial charge in [-0.3, -0.25) is 4.79 Å². The summed E-state index contributed by atoms with van der Waals surface area (Å²) >= 11 is 0. The van der Waals surface area contributed by atoms with E-state index in [1.165, 1.54) is 6.07 Å². The van der Waals surface area contributed by atoms with Crippen LogP contribution in [0.25, 0.3) is 0 Å². The maximum absolute atomic E-state index is 11.3. The van der Waals surface area contributed by atoms with Gasteiger partial charge < -0.3 is 5.11 Å². The Kier molecular flexibility index (Phi) is 3.58. The van der Waals surface area contributed by atoms with Crippen LogP contribution in [-0.2, 0) is 27.5 Å². The van der Waals surface area contributed by atoms with Gasteiger partial charge in [-0.1, -0.05) is 6.92 Å². The van der Waals surface area contributed by atoms with Crippen molar-refractivity contribution in [1.29, 1.82) is 0 Å². The molecule has 0 aliphatic heterocycles. The van der Waals surface area contributed by atoms with Gasteiger partial charge in [0.05, 0.1) is 12.1 Å². The molecular weight excluding hydrogens is 232 g/mol. The molecule has 0 fully saturated rings. The highest BCUT2D eigenvalue weighted by molar-refractivity contribution is 7.90. The number of carboxylic acids is 1. The Balaban J connectivity index is 3.26. The van der Waals surface area contributed by atoms with E-state index in [9.17, 15) is 13.2 Å². The molecule has 0 aliphatic rings. The van der Waals surface area contributed by atoms with Crippen LogP contribution in [0.4, 0.5) is 0 Å². The Morgan fingerprint density at radius 1 is 1.44 bits per heavy atom. The van der Waals surface area contributed by atoms with Crippen LogP contribution in [0, 0.1) is 0 Å². The van der Waals surface area contributed by atoms with E-state index in [0.29, 0.717) is 12.2 Å². The van der Waals surface area contributed by atoms with Crippen LogP contribution >= 0.6 is 0 Å². The van der Waals surface area contributed by atoms with Crippen molar-refractivity contribution in [3.63, 3.8) is 0 Å². The molecule has 1 aromatic heterocycles. The molecule has 0 aromatic carbocycles. The Bertz CT molecular complexity index is 510. The van der Waals surface area contributed by atoms with Crippen LogP contribution < -0.4 is 0 Å². The fraction of sp³-hybridized carbons (Fsp3) is 0.444. The third kappa shape index (κ3) is 3.27. The minimum atomic E-state index is -3.44.